The minimum atomic E-state index is -0.445. The van der Waals surface area contributed by atoms with Crippen LogP contribution in [0.25, 0.3) is 55.3 Å². The Kier molecular flexibility index (Phi) is 7.75. The molecule has 57 heavy (non-hydrogen) atoms. The normalized spacial score (nSPS) is 12.7. The fourth-order valence-corrected chi connectivity index (χ4v) is 9.34. The number of furan rings is 1. The van der Waals surface area contributed by atoms with E-state index in [0.29, 0.717) is 0 Å². The molecule has 0 radical (unpaired) electrons. The van der Waals surface area contributed by atoms with Crippen molar-refractivity contribution in [3.8, 4) is 33.4 Å². The number of hydrogen-bond donors (Lipinski definition) is 0. The van der Waals surface area contributed by atoms with Gasteiger partial charge in [0.25, 0.3) is 0 Å². The summed E-state index contributed by atoms with van der Waals surface area (Å²) in [5, 5.41) is 2.21. The van der Waals surface area contributed by atoms with Crippen LogP contribution in [0, 0.1) is 0 Å². The van der Waals surface area contributed by atoms with Crippen LogP contribution in [0.4, 0.5) is 17.1 Å². The lowest BCUT2D eigenvalue weighted by molar-refractivity contribution is 0.669. The summed E-state index contributed by atoms with van der Waals surface area (Å²) in [6.07, 6.45) is 0. The van der Waals surface area contributed by atoms with Crippen LogP contribution in [-0.2, 0) is 5.41 Å². The van der Waals surface area contributed by atoms with Crippen LogP contribution in [-0.4, -0.2) is 0 Å². The Morgan fingerprint density at radius 1 is 0.333 bits per heavy atom. The zero-order chi connectivity index (χ0) is 37.8. The fraction of sp³-hybridized carbons (Fsp3) is 0.0182. The molecule has 0 saturated carbocycles. The molecule has 1 aromatic heterocycles. The number of anilines is 3. The molecule has 1 aliphatic carbocycles. The zero-order valence-corrected chi connectivity index (χ0v) is 31.2. The van der Waals surface area contributed by atoms with E-state index < -0.39 is 5.41 Å². The van der Waals surface area contributed by atoms with Crippen molar-refractivity contribution in [3.63, 3.8) is 0 Å². The molecule has 0 amide bonds. The van der Waals surface area contributed by atoms with Crippen molar-refractivity contribution >= 4 is 39.0 Å². The van der Waals surface area contributed by atoms with Gasteiger partial charge in [0.1, 0.15) is 11.2 Å². The van der Waals surface area contributed by atoms with Crippen LogP contribution < -0.4 is 4.90 Å². The Hall–Kier alpha value is -7.42. The van der Waals surface area contributed by atoms with Gasteiger partial charge in [-0.3, -0.25) is 0 Å². The monoisotopic (exact) mass is 727 g/mol. The van der Waals surface area contributed by atoms with Gasteiger partial charge in [-0.2, -0.15) is 0 Å². The van der Waals surface area contributed by atoms with Crippen LogP contribution in [0.1, 0.15) is 22.3 Å². The molecule has 1 aliphatic rings. The maximum atomic E-state index is 6.56. The SMILES string of the molecule is c1ccc(-c2cccc3oc4cccc(N(c5ccccc5)c5ccc(-c6cccc(C7(c8ccccc8)c8ccccc8-c8ccccc87)c6)cc5)c4c23)cc1. The van der Waals surface area contributed by atoms with E-state index >= 15 is 0 Å². The highest BCUT2D eigenvalue weighted by atomic mass is 16.3. The molecule has 0 atom stereocenters. The van der Waals surface area contributed by atoms with E-state index in [2.05, 4.69) is 229 Å². The first kappa shape index (κ1) is 33.0. The molecule has 2 nitrogen and oxygen atoms in total. The summed E-state index contributed by atoms with van der Waals surface area (Å²) in [6, 6.07) is 81.0. The maximum absolute atomic E-state index is 6.56. The van der Waals surface area contributed by atoms with Crippen molar-refractivity contribution in [1.29, 1.82) is 0 Å². The summed E-state index contributed by atoms with van der Waals surface area (Å²) in [5.74, 6) is 0. The van der Waals surface area contributed by atoms with Crippen LogP contribution in [0.3, 0.4) is 0 Å². The molecule has 0 spiro atoms. The maximum Gasteiger partial charge on any atom is 0.137 e. The van der Waals surface area contributed by atoms with Gasteiger partial charge in [0.2, 0.25) is 0 Å². The average Bonchev–Trinajstić information content (AvgIpc) is 3.83. The van der Waals surface area contributed by atoms with Crippen molar-refractivity contribution in [2.24, 2.45) is 0 Å². The zero-order valence-electron chi connectivity index (χ0n) is 31.2. The van der Waals surface area contributed by atoms with Gasteiger partial charge in [-0.25, -0.2) is 0 Å². The summed E-state index contributed by atoms with van der Waals surface area (Å²) in [4.78, 5) is 2.36. The predicted molar refractivity (Wildman–Crippen MR) is 237 cm³/mol. The lowest BCUT2D eigenvalue weighted by atomic mass is 9.67. The van der Waals surface area contributed by atoms with Gasteiger partial charge >= 0.3 is 0 Å². The molecule has 0 aliphatic heterocycles. The summed E-state index contributed by atoms with van der Waals surface area (Å²) in [7, 11) is 0. The van der Waals surface area contributed by atoms with Gasteiger partial charge in [0.15, 0.2) is 0 Å². The van der Waals surface area contributed by atoms with E-state index in [0.717, 1.165) is 55.7 Å². The quantitative estimate of drug-likeness (QED) is 0.163. The van der Waals surface area contributed by atoms with E-state index in [4.69, 9.17) is 4.42 Å². The number of hydrogen-bond acceptors (Lipinski definition) is 2. The summed E-state index contributed by atoms with van der Waals surface area (Å²) < 4.78 is 6.56. The topological polar surface area (TPSA) is 16.4 Å². The number of fused-ring (bicyclic) bond motifs is 6. The third-order valence-electron chi connectivity index (χ3n) is 11.8. The van der Waals surface area contributed by atoms with Gasteiger partial charge in [0, 0.05) is 16.8 Å². The first-order valence-corrected chi connectivity index (χ1v) is 19.6. The molecule has 10 aromatic rings. The smallest absolute Gasteiger partial charge is 0.137 e. The standard InChI is InChI=1S/C55H37NO/c1-4-17-39(18-5-1)45-27-15-31-51-53(45)54-50(30-16-32-52(54)57-51)56(43-23-8-3-9-24-43)44-35-33-38(34-36-44)40-19-14-22-42(37-40)55(41-20-6-2-7-21-41)48-28-12-10-25-46(48)47-26-11-13-29-49(47)55/h1-37H. The Bertz CT molecular complexity index is 3010. The van der Waals surface area contributed by atoms with Crippen LogP contribution in [0.5, 0.6) is 0 Å². The lowest BCUT2D eigenvalue weighted by Gasteiger charge is -2.34. The van der Waals surface area contributed by atoms with E-state index in [-0.39, 0.29) is 0 Å². The third-order valence-corrected chi connectivity index (χ3v) is 11.8. The largest absolute Gasteiger partial charge is 0.456 e. The third kappa shape index (κ3) is 5.18. The second-order valence-electron chi connectivity index (χ2n) is 14.8. The summed E-state index contributed by atoms with van der Waals surface area (Å²) in [5.41, 5.74) is 16.9. The molecular formula is C55H37NO. The average molecular weight is 728 g/mol. The Morgan fingerprint density at radius 2 is 0.842 bits per heavy atom. The van der Waals surface area contributed by atoms with Crippen molar-refractivity contribution < 1.29 is 4.42 Å². The molecule has 11 rings (SSSR count). The molecular weight excluding hydrogens is 691 g/mol. The molecule has 0 fully saturated rings. The van der Waals surface area contributed by atoms with Crippen LogP contribution >= 0.6 is 0 Å². The van der Waals surface area contributed by atoms with Gasteiger partial charge in [-0.15, -0.1) is 0 Å². The van der Waals surface area contributed by atoms with Gasteiger partial charge in [0.05, 0.1) is 16.5 Å². The highest BCUT2D eigenvalue weighted by Gasteiger charge is 2.45. The fourth-order valence-electron chi connectivity index (χ4n) is 9.34. The predicted octanol–water partition coefficient (Wildman–Crippen LogP) is 14.8. The number of benzene rings is 9. The minimum absolute atomic E-state index is 0.445. The Labute approximate surface area is 332 Å². The van der Waals surface area contributed by atoms with Crippen molar-refractivity contribution in [3.05, 3.63) is 247 Å². The molecule has 1 heterocycles. The second kappa shape index (κ2) is 13.4. The molecule has 2 heteroatoms. The molecule has 268 valence electrons. The number of nitrogens with zero attached hydrogens (tertiary/aromatic N) is 1. The molecule has 0 bridgehead atoms. The van der Waals surface area contributed by atoms with Crippen molar-refractivity contribution in [1.82, 2.24) is 0 Å². The Morgan fingerprint density at radius 3 is 1.54 bits per heavy atom. The van der Waals surface area contributed by atoms with Crippen LogP contribution in [0.15, 0.2) is 229 Å². The van der Waals surface area contributed by atoms with Gasteiger partial charge < -0.3 is 9.32 Å². The van der Waals surface area contributed by atoms with Gasteiger partial charge in [-0.05, 0) is 104 Å². The first-order valence-electron chi connectivity index (χ1n) is 19.6. The highest BCUT2D eigenvalue weighted by molar-refractivity contribution is 6.18. The summed E-state index contributed by atoms with van der Waals surface area (Å²) >= 11 is 0. The number of para-hydroxylation sites is 1. The second-order valence-corrected chi connectivity index (χ2v) is 14.8. The molecule has 9 aromatic carbocycles. The molecule has 0 unspecified atom stereocenters. The van der Waals surface area contributed by atoms with E-state index in [9.17, 15) is 0 Å². The van der Waals surface area contributed by atoms with Crippen LogP contribution in [0.2, 0.25) is 0 Å². The first-order chi connectivity index (χ1) is 28.3. The van der Waals surface area contributed by atoms with Crippen molar-refractivity contribution in [2.45, 2.75) is 5.41 Å². The summed E-state index contributed by atoms with van der Waals surface area (Å²) in [6.45, 7) is 0. The van der Waals surface area contributed by atoms with E-state index in [1.807, 2.05) is 0 Å². The number of rotatable bonds is 7. The van der Waals surface area contributed by atoms with Crippen molar-refractivity contribution in [2.75, 3.05) is 4.90 Å². The molecule has 0 saturated heterocycles. The highest BCUT2D eigenvalue weighted by Crippen LogP contribution is 2.56. The molecule has 0 N–H and O–H groups in total. The minimum Gasteiger partial charge on any atom is -0.456 e. The van der Waals surface area contributed by atoms with E-state index in [1.165, 1.54) is 38.9 Å². The van der Waals surface area contributed by atoms with E-state index in [1.54, 1.807) is 0 Å². The lowest BCUT2D eigenvalue weighted by Crippen LogP contribution is -2.28. The Balaban J connectivity index is 1.06. The van der Waals surface area contributed by atoms with Gasteiger partial charge in [-0.1, -0.05) is 176 Å².